The zero-order valence-electron chi connectivity index (χ0n) is 11.9. The highest BCUT2D eigenvalue weighted by Crippen LogP contribution is 2.22. The molecule has 0 radical (unpaired) electrons. The van der Waals surface area contributed by atoms with Gasteiger partial charge in [0.15, 0.2) is 0 Å². The van der Waals surface area contributed by atoms with Crippen molar-refractivity contribution in [3.05, 3.63) is 59.7 Å². The minimum absolute atomic E-state index is 0.143. The van der Waals surface area contributed by atoms with Gasteiger partial charge in [-0.25, -0.2) is 0 Å². The number of anilines is 1. The van der Waals surface area contributed by atoms with E-state index in [0.29, 0.717) is 16.3 Å². The third kappa shape index (κ3) is 3.20. The molecule has 0 saturated carbocycles. The Balaban J connectivity index is 2.28. The van der Waals surface area contributed by atoms with Gasteiger partial charge in [0.2, 0.25) is 0 Å². The molecule has 0 bridgehead atoms. The highest BCUT2D eigenvalue weighted by atomic mass is 32.1. The molecule has 0 heterocycles. The van der Waals surface area contributed by atoms with Gasteiger partial charge in [-0.15, -0.1) is 0 Å². The number of hydrogen-bond acceptors (Lipinski definition) is 3. The minimum Gasteiger partial charge on any atom is -0.496 e. The summed E-state index contributed by atoms with van der Waals surface area (Å²) in [5.74, 6) is 0.407. The van der Waals surface area contributed by atoms with Gasteiger partial charge in [0.05, 0.1) is 12.7 Å². The molecule has 0 unspecified atom stereocenters. The van der Waals surface area contributed by atoms with Gasteiger partial charge in [0.1, 0.15) is 10.7 Å². The lowest BCUT2D eigenvalue weighted by molar-refractivity contribution is 0.0990. The molecule has 2 N–H and O–H groups in total. The Morgan fingerprint density at radius 3 is 2.33 bits per heavy atom. The second kappa shape index (κ2) is 6.37. The smallest absolute Gasteiger partial charge is 0.261 e. The van der Waals surface area contributed by atoms with E-state index in [-0.39, 0.29) is 5.91 Å². The number of methoxy groups -OCH3 is 1. The molecule has 0 fully saturated rings. The van der Waals surface area contributed by atoms with E-state index in [1.807, 2.05) is 18.2 Å². The van der Waals surface area contributed by atoms with E-state index in [4.69, 9.17) is 22.7 Å². The summed E-state index contributed by atoms with van der Waals surface area (Å²) in [4.78, 5) is 14.4. The van der Waals surface area contributed by atoms with Crippen LogP contribution in [0.25, 0.3) is 0 Å². The number of ether oxygens (including phenoxy) is 1. The number of carbonyl (C=O) groups is 1. The van der Waals surface area contributed by atoms with Gasteiger partial charge in [-0.1, -0.05) is 24.4 Å². The van der Waals surface area contributed by atoms with E-state index >= 15 is 0 Å². The number of hydrogen-bond donors (Lipinski definition) is 1. The molecule has 0 aliphatic rings. The number of rotatable bonds is 4. The first-order chi connectivity index (χ1) is 10.0. The van der Waals surface area contributed by atoms with Crippen molar-refractivity contribution in [1.29, 1.82) is 0 Å². The molecule has 0 saturated heterocycles. The fourth-order valence-corrected chi connectivity index (χ4v) is 2.10. The van der Waals surface area contributed by atoms with Gasteiger partial charge in [-0.3, -0.25) is 4.79 Å². The van der Waals surface area contributed by atoms with Crippen molar-refractivity contribution in [2.75, 3.05) is 19.1 Å². The monoisotopic (exact) mass is 300 g/mol. The Morgan fingerprint density at radius 2 is 1.76 bits per heavy atom. The van der Waals surface area contributed by atoms with Crippen LogP contribution in [0.3, 0.4) is 0 Å². The normalized spacial score (nSPS) is 10.0. The van der Waals surface area contributed by atoms with Crippen LogP contribution in [0.1, 0.15) is 15.9 Å². The topological polar surface area (TPSA) is 55.6 Å². The third-order valence-corrected chi connectivity index (χ3v) is 3.42. The molecule has 2 rings (SSSR count). The second-order valence-electron chi connectivity index (χ2n) is 4.48. The molecule has 0 aliphatic carbocycles. The van der Waals surface area contributed by atoms with E-state index < -0.39 is 0 Å². The highest BCUT2D eigenvalue weighted by molar-refractivity contribution is 7.80. The summed E-state index contributed by atoms with van der Waals surface area (Å²) in [7, 11) is 3.26. The van der Waals surface area contributed by atoms with Gasteiger partial charge in [0.25, 0.3) is 5.91 Å². The number of para-hydroxylation sites is 1. The van der Waals surface area contributed by atoms with Crippen LogP contribution in [0.5, 0.6) is 5.75 Å². The molecule has 1 amide bonds. The van der Waals surface area contributed by atoms with Gasteiger partial charge in [-0.2, -0.15) is 0 Å². The van der Waals surface area contributed by atoms with Gasteiger partial charge in [-0.05, 0) is 36.4 Å². The fourth-order valence-electron chi connectivity index (χ4n) is 1.97. The summed E-state index contributed by atoms with van der Waals surface area (Å²) < 4.78 is 5.22. The third-order valence-electron chi connectivity index (χ3n) is 3.18. The van der Waals surface area contributed by atoms with Crippen LogP contribution in [0.15, 0.2) is 48.5 Å². The number of benzene rings is 2. The van der Waals surface area contributed by atoms with Crippen molar-refractivity contribution in [2.45, 2.75) is 0 Å². The molecule has 5 heteroatoms. The lowest BCUT2D eigenvalue weighted by Crippen LogP contribution is -2.26. The van der Waals surface area contributed by atoms with Crippen LogP contribution >= 0.6 is 12.2 Å². The molecule has 0 aromatic heterocycles. The highest BCUT2D eigenvalue weighted by Gasteiger charge is 2.17. The van der Waals surface area contributed by atoms with Crippen LogP contribution in [-0.4, -0.2) is 25.1 Å². The van der Waals surface area contributed by atoms with Crippen LogP contribution in [0.2, 0.25) is 0 Å². The Labute approximate surface area is 129 Å². The maximum Gasteiger partial charge on any atom is 0.261 e. The zero-order chi connectivity index (χ0) is 15.4. The van der Waals surface area contributed by atoms with Crippen molar-refractivity contribution >= 4 is 28.8 Å². The minimum atomic E-state index is -0.143. The van der Waals surface area contributed by atoms with Crippen molar-refractivity contribution in [1.82, 2.24) is 0 Å². The summed E-state index contributed by atoms with van der Waals surface area (Å²) in [5, 5.41) is 0. The first kappa shape index (κ1) is 15.0. The molecular formula is C16H16N2O2S. The Kier molecular flexibility index (Phi) is 4.55. The molecule has 0 spiro atoms. The summed E-state index contributed by atoms with van der Waals surface area (Å²) >= 11 is 4.91. The average molecular weight is 300 g/mol. The quantitative estimate of drug-likeness (QED) is 0.882. The number of nitrogens with zero attached hydrogens (tertiary/aromatic N) is 1. The van der Waals surface area contributed by atoms with Crippen LogP contribution in [0, 0.1) is 0 Å². The molecule has 4 nitrogen and oxygen atoms in total. The van der Waals surface area contributed by atoms with Gasteiger partial charge in [0, 0.05) is 18.3 Å². The predicted octanol–water partition coefficient (Wildman–Crippen LogP) is 2.61. The molecule has 0 aliphatic heterocycles. The van der Waals surface area contributed by atoms with Crippen LogP contribution < -0.4 is 15.4 Å². The van der Waals surface area contributed by atoms with Gasteiger partial charge >= 0.3 is 0 Å². The summed E-state index contributed by atoms with van der Waals surface area (Å²) in [5.41, 5.74) is 7.60. The van der Waals surface area contributed by atoms with Crippen molar-refractivity contribution < 1.29 is 9.53 Å². The van der Waals surface area contributed by atoms with Crippen LogP contribution in [0.4, 0.5) is 5.69 Å². The summed E-state index contributed by atoms with van der Waals surface area (Å²) in [6.45, 7) is 0. The molecule has 21 heavy (non-hydrogen) atoms. The number of thiocarbonyl (C=S) groups is 1. The van der Waals surface area contributed by atoms with Gasteiger partial charge < -0.3 is 15.4 Å². The predicted molar refractivity (Wildman–Crippen MR) is 88.1 cm³/mol. The van der Waals surface area contributed by atoms with E-state index in [2.05, 4.69) is 0 Å². The van der Waals surface area contributed by atoms with E-state index in [1.54, 1.807) is 49.4 Å². The van der Waals surface area contributed by atoms with Crippen molar-refractivity contribution in [2.24, 2.45) is 5.73 Å². The Hall–Kier alpha value is -2.40. The largest absolute Gasteiger partial charge is 0.496 e. The summed E-state index contributed by atoms with van der Waals surface area (Å²) in [6, 6.07) is 14.3. The van der Waals surface area contributed by atoms with E-state index in [0.717, 1.165) is 11.3 Å². The van der Waals surface area contributed by atoms with Crippen LogP contribution in [-0.2, 0) is 0 Å². The van der Waals surface area contributed by atoms with E-state index in [9.17, 15) is 4.79 Å². The lowest BCUT2D eigenvalue weighted by atomic mass is 10.1. The van der Waals surface area contributed by atoms with Crippen molar-refractivity contribution in [3.8, 4) is 5.75 Å². The fraction of sp³-hybridized carbons (Fsp3) is 0.125. The Morgan fingerprint density at radius 1 is 1.14 bits per heavy atom. The zero-order valence-corrected chi connectivity index (χ0v) is 12.7. The molecule has 0 atom stereocenters. The summed E-state index contributed by atoms with van der Waals surface area (Å²) in [6.07, 6.45) is 0. The average Bonchev–Trinajstić information content (AvgIpc) is 2.53. The number of amides is 1. The maximum atomic E-state index is 12.5. The number of carbonyl (C=O) groups excluding carboxylic acids is 1. The molecular weight excluding hydrogens is 284 g/mol. The first-order valence-electron chi connectivity index (χ1n) is 6.35. The number of nitrogens with two attached hydrogens (primary N) is 1. The molecule has 2 aromatic carbocycles. The maximum absolute atomic E-state index is 12.5. The molecule has 108 valence electrons. The SMILES string of the molecule is COc1ccccc1C(=O)N(C)c1ccc(C(N)=S)cc1. The molecule has 2 aromatic rings. The Bertz CT molecular complexity index is 668. The van der Waals surface area contributed by atoms with E-state index in [1.165, 1.54) is 0 Å². The van der Waals surface area contributed by atoms with Crippen molar-refractivity contribution in [3.63, 3.8) is 0 Å². The first-order valence-corrected chi connectivity index (χ1v) is 6.76. The lowest BCUT2D eigenvalue weighted by Gasteiger charge is -2.19. The standard InChI is InChI=1S/C16H16N2O2S/c1-18(12-9-7-11(8-10-12)15(17)21)16(19)13-5-3-4-6-14(13)20-2/h3-10H,1-2H3,(H2,17,21). The second-order valence-corrected chi connectivity index (χ2v) is 4.92.